The van der Waals surface area contributed by atoms with Crippen LogP contribution in [0, 0.1) is 31.6 Å². The van der Waals surface area contributed by atoms with E-state index in [1.165, 1.54) is 23.4 Å². The van der Waals surface area contributed by atoms with Crippen molar-refractivity contribution in [3.8, 4) is 11.8 Å². The van der Waals surface area contributed by atoms with Crippen LogP contribution in [0.4, 0.5) is 13.2 Å². The van der Waals surface area contributed by atoms with Gasteiger partial charge in [-0.2, -0.15) is 17.5 Å². The van der Waals surface area contributed by atoms with Crippen molar-refractivity contribution >= 4 is 15.9 Å². The van der Waals surface area contributed by atoms with E-state index in [-0.39, 0.29) is 47.5 Å². The average molecular weight is 469 g/mol. The van der Waals surface area contributed by atoms with Crippen LogP contribution in [0.2, 0.25) is 0 Å². The smallest absolute Gasteiger partial charge is 0.360 e. The Morgan fingerprint density at radius 3 is 2.75 bits per heavy atom. The lowest BCUT2D eigenvalue weighted by Crippen LogP contribution is -2.45. The fraction of sp³-hybridized carbons (Fsp3) is 0.429. The summed E-state index contributed by atoms with van der Waals surface area (Å²) in [7, 11) is -3.85. The van der Waals surface area contributed by atoms with Crippen molar-refractivity contribution in [2.24, 2.45) is 5.92 Å². The number of rotatable bonds is 4. The highest BCUT2D eigenvalue weighted by atomic mass is 32.2. The fourth-order valence-electron chi connectivity index (χ4n) is 3.54. The number of hydrogen-bond acceptors (Lipinski definition) is 5. The molecule has 3 rings (SSSR count). The summed E-state index contributed by atoms with van der Waals surface area (Å²) >= 11 is 0. The molecule has 1 N–H and O–H groups in total. The van der Waals surface area contributed by atoms with E-state index in [1.807, 2.05) is 0 Å². The molecule has 0 radical (unpaired) electrons. The summed E-state index contributed by atoms with van der Waals surface area (Å²) in [5.41, 5.74) is -0.349. The van der Waals surface area contributed by atoms with Crippen molar-refractivity contribution < 1.29 is 30.9 Å². The second-order valence-electron chi connectivity index (χ2n) is 7.45. The monoisotopic (exact) mass is 469 g/mol. The van der Waals surface area contributed by atoms with Crippen molar-refractivity contribution in [3.05, 3.63) is 46.8 Å². The maximum atomic E-state index is 13.0. The van der Waals surface area contributed by atoms with E-state index < -0.39 is 27.7 Å². The van der Waals surface area contributed by atoms with Crippen molar-refractivity contribution in [2.75, 3.05) is 19.6 Å². The molecule has 7 nitrogen and oxygen atoms in total. The minimum Gasteiger partial charge on any atom is -0.360 e. The summed E-state index contributed by atoms with van der Waals surface area (Å²) < 4.78 is 70.4. The molecule has 1 amide bonds. The summed E-state index contributed by atoms with van der Waals surface area (Å²) in [6, 6.07) is 4.61. The van der Waals surface area contributed by atoms with E-state index in [2.05, 4.69) is 22.3 Å². The van der Waals surface area contributed by atoms with Gasteiger partial charge in [-0.25, -0.2) is 8.42 Å². The number of nitrogens with one attached hydrogen (secondary N) is 1. The predicted molar refractivity (Wildman–Crippen MR) is 109 cm³/mol. The molecule has 2 aromatic rings. The summed E-state index contributed by atoms with van der Waals surface area (Å²) in [4.78, 5) is 12.5. The largest absolute Gasteiger partial charge is 0.416 e. The van der Waals surface area contributed by atoms with Crippen LogP contribution < -0.4 is 5.32 Å². The molecule has 1 atom stereocenters. The first-order valence-electron chi connectivity index (χ1n) is 9.87. The Morgan fingerprint density at radius 1 is 1.34 bits per heavy atom. The lowest BCUT2D eigenvalue weighted by atomic mass is 9.99. The summed E-state index contributed by atoms with van der Waals surface area (Å²) in [5, 5.41) is 6.30. The fourth-order valence-corrected chi connectivity index (χ4v) is 5.36. The quantitative estimate of drug-likeness (QED) is 0.696. The van der Waals surface area contributed by atoms with Crippen molar-refractivity contribution in [3.63, 3.8) is 0 Å². The van der Waals surface area contributed by atoms with Gasteiger partial charge in [0.25, 0.3) is 0 Å². The molecule has 1 aliphatic heterocycles. The van der Waals surface area contributed by atoms with E-state index in [0.717, 1.165) is 12.1 Å². The van der Waals surface area contributed by atoms with Gasteiger partial charge in [0.05, 0.1) is 18.0 Å². The Hall–Kier alpha value is -2.84. The van der Waals surface area contributed by atoms with Crippen LogP contribution in [0.3, 0.4) is 0 Å². The number of alkyl halides is 3. The van der Waals surface area contributed by atoms with E-state index in [4.69, 9.17) is 4.52 Å². The number of halogens is 3. The number of piperidine rings is 1. The van der Waals surface area contributed by atoms with Gasteiger partial charge in [0, 0.05) is 18.7 Å². The minimum atomic E-state index is -4.46. The molecule has 0 saturated carbocycles. The number of sulfonamides is 1. The van der Waals surface area contributed by atoms with Crippen molar-refractivity contribution in [1.82, 2.24) is 14.8 Å². The number of amides is 1. The standard InChI is InChI=1S/C21H22F3N3O4S/c1-14-19(15(2)31-26-14)32(29,30)27-11-5-8-17(13-27)20(28)25-10-4-7-16-6-3-9-18(12-16)21(22,23)24/h3,6,9,12,17H,5,8,10-11,13H2,1-2H3,(H,25,28). The third-order valence-corrected chi connectivity index (χ3v) is 7.20. The van der Waals surface area contributed by atoms with E-state index in [1.54, 1.807) is 6.92 Å². The maximum Gasteiger partial charge on any atom is 0.416 e. The lowest BCUT2D eigenvalue weighted by molar-refractivity contribution is -0.137. The normalized spacial score (nSPS) is 17.5. The van der Waals surface area contributed by atoms with Gasteiger partial charge in [-0.1, -0.05) is 23.1 Å². The molecule has 1 aromatic heterocycles. The topological polar surface area (TPSA) is 92.5 Å². The zero-order valence-corrected chi connectivity index (χ0v) is 18.3. The number of aryl methyl sites for hydroxylation is 2. The molecule has 172 valence electrons. The molecule has 2 heterocycles. The lowest BCUT2D eigenvalue weighted by Gasteiger charge is -2.30. The second-order valence-corrected chi connectivity index (χ2v) is 9.33. The Morgan fingerprint density at radius 2 is 2.09 bits per heavy atom. The zero-order valence-electron chi connectivity index (χ0n) is 17.5. The van der Waals surface area contributed by atoms with Crippen LogP contribution in [0.15, 0.2) is 33.7 Å². The molecule has 0 aliphatic carbocycles. The van der Waals surface area contributed by atoms with Crippen molar-refractivity contribution in [1.29, 1.82) is 0 Å². The molecule has 1 saturated heterocycles. The summed E-state index contributed by atoms with van der Waals surface area (Å²) in [6.45, 7) is 3.29. The first-order valence-corrected chi connectivity index (χ1v) is 11.3. The van der Waals surface area contributed by atoms with E-state index in [0.29, 0.717) is 12.8 Å². The molecule has 1 fully saturated rings. The highest BCUT2D eigenvalue weighted by molar-refractivity contribution is 7.89. The zero-order chi connectivity index (χ0) is 23.5. The van der Waals surface area contributed by atoms with Gasteiger partial charge in [0.15, 0.2) is 5.76 Å². The van der Waals surface area contributed by atoms with E-state index in [9.17, 15) is 26.4 Å². The number of benzene rings is 1. The number of carbonyl (C=O) groups is 1. The highest BCUT2D eigenvalue weighted by Gasteiger charge is 2.36. The van der Waals surface area contributed by atoms with Crippen LogP contribution in [0.5, 0.6) is 0 Å². The van der Waals surface area contributed by atoms with Gasteiger partial charge in [0.2, 0.25) is 15.9 Å². The molecule has 1 aliphatic rings. The maximum absolute atomic E-state index is 13.0. The number of carbonyl (C=O) groups excluding carboxylic acids is 1. The predicted octanol–water partition coefficient (Wildman–Crippen LogP) is 2.88. The number of aromatic nitrogens is 1. The second kappa shape index (κ2) is 9.34. The molecular formula is C21H22F3N3O4S. The summed E-state index contributed by atoms with van der Waals surface area (Å²) in [5.74, 6) is 4.49. The molecule has 1 aromatic carbocycles. The summed E-state index contributed by atoms with van der Waals surface area (Å²) in [6.07, 6.45) is -3.43. The Bertz CT molecular complexity index is 1140. The van der Waals surface area contributed by atoms with Crippen LogP contribution in [0.1, 0.15) is 35.4 Å². The van der Waals surface area contributed by atoms with Gasteiger partial charge < -0.3 is 9.84 Å². The third kappa shape index (κ3) is 5.31. The van der Waals surface area contributed by atoms with Crippen LogP contribution in [-0.4, -0.2) is 43.4 Å². The Labute approximate surface area is 184 Å². The Balaban J connectivity index is 1.61. The minimum absolute atomic E-state index is 0.0132. The first kappa shape index (κ1) is 23.8. The highest BCUT2D eigenvalue weighted by Crippen LogP contribution is 2.29. The van der Waals surface area contributed by atoms with E-state index >= 15 is 0 Å². The van der Waals surface area contributed by atoms with Crippen LogP contribution >= 0.6 is 0 Å². The Kier molecular flexibility index (Phi) is 6.95. The molecule has 0 spiro atoms. The van der Waals surface area contributed by atoms with Gasteiger partial charge in [0.1, 0.15) is 10.6 Å². The first-order chi connectivity index (χ1) is 15.0. The molecule has 32 heavy (non-hydrogen) atoms. The van der Waals surface area contributed by atoms with Crippen molar-refractivity contribution in [2.45, 2.75) is 37.8 Å². The molecule has 11 heteroatoms. The SMILES string of the molecule is Cc1noc(C)c1S(=O)(=O)N1CCCC(C(=O)NCC#Cc2cccc(C(F)(F)F)c2)C1. The van der Waals surface area contributed by atoms with Crippen LogP contribution in [0.25, 0.3) is 0 Å². The van der Waals surface area contributed by atoms with Crippen LogP contribution in [-0.2, 0) is 21.0 Å². The van der Waals surface area contributed by atoms with Gasteiger partial charge >= 0.3 is 6.18 Å². The van der Waals surface area contributed by atoms with Gasteiger partial charge in [-0.3, -0.25) is 4.79 Å². The third-order valence-electron chi connectivity index (χ3n) is 5.09. The number of hydrogen-bond donors (Lipinski definition) is 1. The average Bonchev–Trinajstić information content (AvgIpc) is 3.09. The molecular weight excluding hydrogens is 447 g/mol. The molecule has 0 bridgehead atoms. The molecule has 1 unspecified atom stereocenters. The van der Waals surface area contributed by atoms with Gasteiger partial charge in [-0.15, -0.1) is 0 Å². The number of nitrogens with zero attached hydrogens (tertiary/aromatic N) is 2. The van der Waals surface area contributed by atoms with Gasteiger partial charge in [-0.05, 0) is 44.9 Å².